The second kappa shape index (κ2) is 6.63. The zero-order valence-electron chi connectivity index (χ0n) is 14.4. The lowest BCUT2D eigenvalue weighted by atomic mass is 9.67. The number of amides is 2. The Hall–Kier alpha value is -2.15. The SMILES string of the molecule is O=C1CN(c2ccc(NC(=O)[C@@]34CCCC[C@H]3CNC4)cn2)CCN1. The number of nitrogens with zero attached hydrogens (tertiary/aromatic N) is 2. The molecule has 2 aliphatic heterocycles. The zero-order valence-corrected chi connectivity index (χ0v) is 14.4. The van der Waals surface area contributed by atoms with Crippen LogP contribution >= 0.6 is 0 Å². The Morgan fingerprint density at radius 3 is 3.08 bits per heavy atom. The van der Waals surface area contributed by atoms with E-state index in [9.17, 15) is 9.59 Å². The van der Waals surface area contributed by atoms with E-state index < -0.39 is 0 Å². The fraction of sp³-hybridized carbons (Fsp3) is 0.611. The van der Waals surface area contributed by atoms with Crippen LogP contribution in [0.5, 0.6) is 0 Å². The molecule has 3 N–H and O–H groups in total. The summed E-state index contributed by atoms with van der Waals surface area (Å²) in [6, 6.07) is 3.75. The van der Waals surface area contributed by atoms with E-state index >= 15 is 0 Å². The summed E-state index contributed by atoms with van der Waals surface area (Å²) in [6.07, 6.45) is 6.14. The summed E-state index contributed by atoms with van der Waals surface area (Å²) in [7, 11) is 0. The second-order valence-corrected chi connectivity index (χ2v) is 7.36. The Morgan fingerprint density at radius 1 is 1.36 bits per heavy atom. The van der Waals surface area contributed by atoms with E-state index in [2.05, 4.69) is 20.9 Å². The number of hydrogen-bond donors (Lipinski definition) is 3. The molecular formula is C18H25N5O2. The molecule has 0 radical (unpaired) electrons. The standard InChI is InChI=1S/C18H25N5O2/c24-16-11-23(8-7-20-16)15-5-4-14(10-21-15)22-17(25)18-6-2-1-3-13(18)9-19-12-18/h4-5,10,13,19H,1-3,6-9,11-12H2,(H,20,24)(H,22,25)/t13-,18+/m0/s1. The number of rotatable bonds is 3. The van der Waals surface area contributed by atoms with Gasteiger partial charge in [-0.15, -0.1) is 0 Å². The van der Waals surface area contributed by atoms with Gasteiger partial charge in [-0.2, -0.15) is 0 Å². The molecule has 0 spiro atoms. The fourth-order valence-electron chi connectivity index (χ4n) is 4.43. The van der Waals surface area contributed by atoms with Crippen molar-refractivity contribution in [3.63, 3.8) is 0 Å². The number of fused-ring (bicyclic) bond motifs is 1. The molecule has 1 aromatic heterocycles. The molecule has 3 fully saturated rings. The van der Waals surface area contributed by atoms with Gasteiger partial charge in [-0.1, -0.05) is 12.8 Å². The van der Waals surface area contributed by atoms with Crippen LogP contribution in [-0.2, 0) is 9.59 Å². The maximum absolute atomic E-state index is 13.0. The molecule has 7 nitrogen and oxygen atoms in total. The molecule has 0 bridgehead atoms. The van der Waals surface area contributed by atoms with Crippen LogP contribution in [-0.4, -0.2) is 49.5 Å². The van der Waals surface area contributed by atoms with Crippen molar-refractivity contribution in [3.8, 4) is 0 Å². The van der Waals surface area contributed by atoms with Crippen LogP contribution in [0, 0.1) is 11.3 Å². The summed E-state index contributed by atoms with van der Waals surface area (Å²) in [4.78, 5) is 30.8. The Morgan fingerprint density at radius 2 is 2.28 bits per heavy atom. The van der Waals surface area contributed by atoms with E-state index in [0.717, 1.165) is 50.4 Å². The third-order valence-corrected chi connectivity index (χ3v) is 5.86. The predicted octanol–water partition coefficient (Wildman–Crippen LogP) is 0.736. The molecule has 134 valence electrons. The normalized spacial score (nSPS) is 29.0. The number of carbonyl (C=O) groups is 2. The van der Waals surface area contributed by atoms with Gasteiger partial charge in [0.25, 0.3) is 0 Å². The highest BCUT2D eigenvalue weighted by molar-refractivity contribution is 5.96. The molecule has 3 heterocycles. The van der Waals surface area contributed by atoms with Crippen molar-refractivity contribution in [2.75, 3.05) is 42.9 Å². The van der Waals surface area contributed by atoms with Crippen molar-refractivity contribution in [2.45, 2.75) is 25.7 Å². The molecule has 2 atom stereocenters. The maximum Gasteiger partial charge on any atom is 0.239 e. The lowest BCUT2D eigenvalue weighted by molar-refractivity contribution is -0.128. The summed E-state index contributed by atoms with van der Waals surface area (Å²) in [5, 5.41) is 9.29. The topological polar surface area (TPSA) is 86.4 Å². The van der Waals surface area contributed by atoms with E-state index in [0.29, 0.717) is 19.0 Å². The van der Waals surface area contributed by atoms with E-state index in [1.807, 2.05) is 17.0 Å². The van der Waals surface area contributed by atoms with E-state index in [4.69, 9.17) is 0 Å². The van der Waals surface area contributed by atoms with Gasteiger partial charge in [-0.25, -0.2) is 4.98 Å². The summed E-state index contributed by atoms with van der Waals surface area (Å²) >= 11 is 0. The number of anilines is 2. The van der Waals surface area contributed by atoms with Gasteiger partial charge in [-0.05, 0) is 37.4 Å². The Kier molecular flexibility index (Phi) is 4.33. The Labute approximate surface area is 147 Å². The molecule has 1 saturated carbocycles. The lowest BCUT2D eigenvalue weighted by Crippen LogP contribution is -2.48. The first kappa shape index (κ1) is 16.3. The number of pyridine rings is 1. The van der Waals surface area contributed by atoms with Crippen LogP contribution in [0.25, 0.3) is 0 Å². The first-order valence-electron chi connectivity index (χ1n) is 9.17. The molecule has 1 aromatic rings. The number of nitrogens with one attached hydrogen (secondary N) is 3. The highest BCUT2D eigenvalue weighted by atomic mass is 16.2. The summed E-state index contributed by atoms with van der Waals surface area (Å²) in [5.41, 5.74) is 0.461. The third kappa shape index (κ3) is 3.08. The smallest absolute Gasteiger partial charge is 0.239 e. The summed E-state index contributed by atoms with van der Waals surface area (Å²) < 4.78 is 0. The van der Waals surface area contributed by atoms with Gasteiger partial charge in [0.05, 0.1) is 23.8 Å². The number of aromatic nitrogens is 1. The number of piperazine rings is 1. The van der Waals surface area contributed by atoms with Crippen LogP contribution in [0.4, 0.5) is 11.5 Å². The monoisotopic (exact) mass is 343 g/mol. The number of carbonyl (C=O) groups excluding carboxylic acids is 2. The van der Waals surface area contributed by atoms with Crippen molar-refractivity contribution in [1.82, 2.24) is 15.6 Å². The predicted molar refractivity (Wildman–Crippen MR) is 95.4 cm³/mol. The minimum atomic E-state index is -0.262. The first-order valence-corrected chi connectivity index (χ1v) is 9.17. The average molecular weight is 343 g/mol. The van der Waals surface area contributed by atoms with Gasteiger partial charge in [0.1, 0.15) is 5.82 Å². The van der Waals surface area contributed by atoms with Crippen molar-refractivity contribution >= 4 is 23.3 Å². The van der Waals surface area contributed by atoms with Crippen molar-refractivity contribution < 1.29 is 9.59 Å². The van der Waals surface area contributed by atoms with Gasteiger partial charge >= 0.3 is 0 Å². The molecule has 3 aliphatic rings. The fourth-order valence-corrected chi connectivity index (χ4v) is 4.43. The van der Waals surface area contributed by atoms with E-state index in [1.165, 1.54) is 6.42 Å². The van der Waals surface area contributed by atoms with E-state index in [-0.39, 0.29) is 17.2 Å². The highest BCUT2D eigenvalue weighted by Gasteiger charge is 2.49. The average Bonchev–Trinajstić information content (AvgIpc) is 3.08. The Balaban J connectivity index is 1.44. The van der Waals surface area contributed by atoms with Crippen LogP contribution in [0.15, 0.2) is 18.3 Å². The van der Waals surface area contributed by atoms with Gasteiger partial charge in [0.2, 0.25) is 11.8 Å². The van der Waals surface area contributed by atoms with Gasteiger partial charge in [0.15, 0.2) is 0 Å². The maximum atomic E-state index is 13.0. The summed E-state index contributed by atoms with van der Waals surface area (Å²) in [5.74, 6) is 1.35. The molecule has 2 amide bonds. The molecule has 2 saturated heterocycles. The van der Waals surface area contributed by atoms with Gasteiger partial charge in [0, 0.05) is 19.6 Å². The van der Waals surface area contributed by atoms with E-state index in [1.54, 1.807) is 6.20 Å². The summed E-state index contributed by atoms with van der Waals surface area (Å²) in [6.45, 7) is 3.44. The molecule has 0 aromatic carbocycles. The lowest BCUT2D eigenvalue weighted by Gasteiger charge is -2.37. The molecule has 7 heteroatoms. The minimum Gasteiger partial charge on any atom is -0.353 e. The molecular weight excluding hydrogens is 318 g/mol. The highest BCUT2D eigenvalue weighted by Crippen LogP contribution is 2.44. The van der Waals surface area contributed by atoms with Gasteiger partial charge < -0.3 is 20.9 Å². The quantitative estimate of drug-likeness (QED) is 0.753. The third-order valence-electron chi connectivity index (χ3n) is 5.86. The van der Waals surface area contributed by atoms with Crippen LogP contribution in [0.1, 0.15) is 25.7 Å². The van der Waals surface area contributed by atoms with Crippen molar-refractivity contribution in [1.29, 1.82) is 0 Å². The minimum absolute atomic E-state index is 0.0154. The van der Waals surface area contributed by atoms with Gasteiger partial charge in [-0.3, -0.25) is 9.59 Å². The van der Waals surface area contributed by atoms with Crippen LogP contribution in [0.3, 0.4) is 0 Å². The molecule has 25 heavy (non-hydrogen) atoms. The number of hydrogen-bond acceptors (Lipinski definition) is 5. The largest absolute Gasteiger partial charge is 0.353 e. The first-order chi connectivity index (χ1) is 12.2. The Bertz CT molecular complexity index is 662. The molecule has 0 unspecified atom stereocenters. The zero-order chi connectivity index (χ0) is 17.3. The molecule has 1 aliphatic carbocycles. The van der Waals surface area contributed by atoms with Crippen LogP contribution < -0.4 is 20.9 Å². The molecule has 4 rings (SSSR count). The van der Waals surface area contributed by atoms with Crippen molar-refractivity contribution in [3.05, 3.63) is 18.3 Å². The second-order valence-electron chi connectivity index (χ2n) is 7.36. The van der Waals surface area contributed by atoms with Crippen molar-refractivity contribution in [2.24, 2.45) is 11.3 Å². The van der Waals surface area contributed by atoms with Crippen LogP contribution in [0.2, 0.25) is 0 Å².